The Hall–Kier alpha value is -4.12. The number of rotatable bonds is 5. The molecule has 0 bridgehead atoms. The van der Waals surface area contributed by atoms with E-state index in [0.717, 1.165) is 54.9 Å². The van der Waals surface area contributed by atoms with Crippen molar-refractivity contribution in [3.05, 3.63) is 114 Å². The van der Waals surface area contributed by atoms with Gasteiger partial charge in [-0.25, -0.2) is 0 Å². The minimum Gasteiger partial charge on any atom is -0.317 e. The van der Waals surface area contributed by atoms with E-state index < -0.39 is 0 Å². The zero-order chi connectivity index (χ0) is 27.7. The third-order valence-corrected chi connectivity index (χ3v) is 8.07. The number of nitrogens with zero attached hydrogens (tertiary/aromatic N) is 3. The van der Waals surface area contributed by atoms with Crippen LogP contribution in [-0.2, 0) is 0 Å². The summed E-state index contributed by atoms with van der Waals surface area (Å²) in [6.45, 7) is 9.46. The molecule has 0 saturated heterocycles. The molecule has 40 heavy (non-hydrogen) atoms. The maximum Gasteiger partial charge on any atom is 0.0665 e. The molecule has 0 unspecified atom stereocenters. The summed E-state index contributed by atoms with van der Waals surface area (Å²) >= 11 is 0. The fourth-order valence-electron chi connectivity index (χ4n) is 6.27. The van der Waals surface area contributed by atoms with E-state index in [-0.39, 0.29) is 10.8 Å². The largest absolute Gasteiger partial charge is 0.317 e. The molecule has 0 atom stereocenters. The van der Waals surface area contributed by atoms with Gasteiger partial charge in [-0.05, 0) is 84.1 Å². The fourth-order valence-corrected chi connectivity index (χ4v) is 6.27. The first-order valence-corrected chi connectivity index (χ1v) is 14.3. The molecule has 0 aromatic heterocycles. The van der Waals surface area contributed by atoms with Crippen molar-refractivity contribution in [2.24, 2.45) is 21.0 Å². The summed E-state index contributed by atoms with van der Waals surface area (Å²) < 4.78 is 0. The fraction of sp³-hybridized carbons (Fsp3) is 0.314. The summed E-state index contributed by atoms with van der Waals surface area (Å²) in [5.74, 6) is 0. The van der Waals surface area contributed by atoms with Crippen molar-refractivity contribution < 1.29 is 0 Å². The van der Waals surface area contributed by atoms with Gasteiger partial charge in [-0.1, -0.05) is 82.3 Å². The highest BCUT2D eigenvalue weighted by Crippen LogP contribution is 2.51. The van der Waals surface area contributed by atoms with Gasteiger partial charge in [0.2, 0.25) is 0 Å². The Morgan fingerprint density at radius 1 is 0.550 bits per heavy atom. The Balaban J connectivity index is 1.48. The first-order valence-electron chi connectivity index (χ1n) is 14.3. The van der Waals surface area contributed by atoms with Crippen LogP contribution in [0.4, 0.5) is 17.1 Å². The summed E-state index contributed by atoms with van der Waals surface area (Å²) in [5, 5.41) is 10.1. The Morgan fingerprint density at radius 2 is 0.950 bits per heavy atom. The normalized spacial score (nSPS) is 21.8. The molecule has 6 rings (SSSR count). The van der Waals surface area contributed by atoms with Crippen LogP contribution in [-0.4, -0.2) is 11.4 Å². The molecule has 0 saturated carbocycles. The maximum atomic E-state index is 5.05. The van der Waals surface area contributed by atoms with Crippen LogP contribution in [0.5, 0.6) is 0 Å². The van der Waals surface area contributed by atoms with Crippen LogP contribution >= 0.6 is 0 Å². The zero-order valence-electron chi connectivity index (χ0n) is 24.0. The highest BCUT2D eigenvalue weighted by Gasteiger charge is 2.43. The van der Waals surface area contributed by atoms with Crippen LogP contribution in [0.1, 0.15) is 59.8 Å². The van der Waals surface area contributed by atoms with Crippen LogP contribution in [0.25, 0.3) is 0 Å². The zero-order valence-corrected chi connectivity index (χ0v) is 24.0. The van der Waals surface area contributed by atoms with Crippen LogP contribution < -0.4 is 15.8 Å². The van der Waals surface area contributed by atoms with Gasteiger partial charge in [0.05, 0.1) is 22.8 Å². The molecule has 0 amide bonds. The van der Waals surface area contributed by atoms with Gasteiger partial charge in [-0.2, -0.15) is 10.2 Å². The molecule has 3 aromatic carbocycles. The Bertz CT molecular complexity index is 1400. The van der Waals surface area contributed by atoms with Gasteiger partial charge >= 0.3 is 0 Å². The van der Waals surface area contributed by atoms with Crippen LogP contribution in [0.2, 0.25) is 0 Å². The van der Waals surface area contributed by atoms with Gasteiger partial charge in [0.25, 0.3) is 0 Å². The number of benzene rings is 3. The Kier molecular flexibility index (Phi) is 6.83. The average molecular weight is 530 g/mol. The summed E-state index contributed by atoms with van der Waals surface area (Å²) in [4.78, 5) is 2.55. The molecular formula is C35H39N5. The molecule has 3 aliphatic rings. The molecule has 3 aromatic rings. The lowest BCUT2D eigenvalue weighted by Gasteiger charge is -2.47. The molecule has 0 radical (unpaired) electrons. The molecule has 2 aliphatic carbocycles. The van der Waals surface area contributed by atoms with E-state index in [1.54, 1.807) is 0 Å². The molecule has 0 fully saturated rings. The monoisotopic (exact) mass is 529 g/mol. The minimum atomic E-state index is 0.0943. The first kappa shape index (κ1) is 26.1. The predicted molar refractivity (Wildman–Crippen MR) is 169 cm³/mol. The first-order chi connectivity index (χ1) is 19.3. The van der Waals surface area contributed by atoms with Crippen LogP contribution in [0, 0.1) is 10.8 Å². The molecule has 1 aliphatic heterocycles. The van der Waals surface area contributed by atoms with Gasteiger partial charge in [0, 0.05) is 23.5 Å². The number of anilines is 3. The van der Waals surface area contributed by atoms with Crippen molar-refractivity contribution in [1.29, 1.82) is 0 Å². The third-order valence-electron chi connectivity index (χ3n) is 8.07. The predicted octanol–water partition coefficient (Wildman–Crippen LogP) is 8.98. The van der Waals surface area contributed by atoms with E-state index in [2.05, 4.69) is 98.0 Å². The van der Waals surface area contributed by atoms with Gasteiger partial charge in [-0.3, -0.25) is 10.9 Å². The number of hydrazone groups is 2. The van der Waals surface area contributed by atoms with E-state index in [9.17, 15) is 0 Å². The van der Waals surface area contributed by atoms with E-state index in [1.807, 2.05) is 36.4 Å². The molecule has 2 N–H and O–H groups in total. The SMILES string of the molecule is CC1(C)CC(=NNc2ccccc2)C2=C(C1)N(c1ccccc1)C1=C(C2)C(=NNc2ccccc2)CC(C)(C)C1. The maximum absolute atomic E-state index is 5.05. The quantitative estimate of drug-likeness (QED) is 0.324. The second kappa shape index (κ2) is 10.5. The van der Waals surface area contributed by atoms with Gasteiger partial charge in [0.15, 0.2) is 0 Å². The average Bonchev–Trinajstić information content (AvgIpc) is 2.94. The van der Waals surface area contributed by atoms with Gasteiger partial charge in [0.1, 0.15) is 0 Å². The van der Waals surface area contributed by atoms with Gasteiger partial charge < -0.3 is 4.90 Å². The lowest BCUT2D eigenvalue weighted by atomic mass is 9.68. The standard InChI is InChI=1S/C35H39N5/c1-34(2)21-30(38-36-25-14-8-5-9-15-25)28-20-29-31(39-37-26-16-10-6-11-17-26)22-35(3,4)24-33(29)40(32(28)23-34)27-18-12-7-13-19-27/h5-19,36-37H,20-24H2,1-4H3. The lowest BCUT2D eigenvalue weighted by Crippen LogP contribution is -2.42. The molecule has 204 valence electrons. The van der Waals surface area contributed by atoms with E-state index in [1.165, 1.54) is 28.2 Å². The van der Waals surface area contributed by atoms with E-state index >= 15 is 0 Å². The third kappa shape index (κ3) is 5.46. The Morgan fingerprint density at radius 3 is 1.38 bits per heavy atom. The summed E-state index contributed by atoms with van der Waals surface area (Å²) in [6.07, 6.45) is 4.72. The number of para-hydroxylation sites is 3. The van der Waals surface area contributed by atoms with Crippen LogP contribution in [0.15, 0.2) is 124 Å². The second-order valence-electron chi connectivity index (χ2n) is 12.8. The molecule has 0 spiro atoms. The second-order valence-corrected chi connectivity index (χ2v) is 12.8. The van der Waals surface area contributed by atoms with E-state index in [4.69, 9.17) is 10.2 Å². The van der Waals surface area contributed by atoms with Crippen molar-refractivity contribution in [1.82, 2.24) is 0 Å². The highest BCUT2D eigenvalue weighted by atomic mass is 15.3. The summed E-state index contributed by atoms with van der Waals surface area (Å²) in [6, 6.07) is 31.3. The molecule has 5 nitrogen and oxygen atoms in total. The topological polar surface area (TPSA) is 52.0 Å². The summed E-state index contributed by atoms with van der Waals surface area (Å²) in [7, 11) is 0. The number of hydrogen-bond acceptors (Lipinski definition) is 5. The Labute approximate surface area is 238 Å². The van der Waals surface area contributed by atoms with Crippen molar-refractivity contribution >= 4 is 28.5 Å². The number of allylic oxidation sites excluding steroid dienone is 4. The minimum absolute atomic E-state index is 0.0943. The lowest BCUT2D eigenvalue weighted by molar-refractivity contribution is 0.349. The van der Waals surface area contributed by atoms with Crippen LogP contribution in [0.3, 0.4) is 0 Å². The smallest absolute Gasteiger partial charge is 0.0665 e. The van der Waals surface area contributed by atoms with Crippen molar-refractivity contribution in [3.63, 3.8) is 0 Å². The highest BCUT2D eigenvalue weighted by molar-refractivity contribution is 6.10. The van der Waals surface area contributed by atoms with Crippen molar-refractivity contribution in [2.45, 2.75) is 59.8 Å². The molecule has 1 heterocycles. The number of hydrogen-bond donors (Lipinski definition) is 2. The van der Waals surface area contributed by atoms with E-state index in [0.29, 0.717) is 0 Å². The molecular weight excluding hydrogens is 490 g/mol. The molecule has 5 heteroatoms. The van der Waals surface area contributed by atoms with Crippen molar-refractivity contribution in [2.75, 3.05) is 15.8 Å². The van der Waals surface area contributed by atoms with Gasteiger partial charge in [-0.15, -0.1) is 0 Å². The summed E-state index contributed by atoms with van der Waals surface area (Å²) in [5.41, 5.74) is 17.8. The van der Waals surface area contributed by atoms with Crippen molar-refractivity contribution in [3.8, 4) is 0 Å². The number of nitrogens with one attached hydrogen (secondary N) is 2.